The minimum Gasteiger partial charge on any atom is -0.368 e. The summed E-state index contributed by atoms with van der Waals surface area (Å²) in [6.07, 6.45) is 6.60. The number of anilines is 1. The van der Waals surface area contributed by atoms with E-state index in [1.807, 2.05) is 19.9 Å². The monoisotopic (exact) mass is 377 g/mol. The molecule has 8 nitrogen and oxygen atoms in total. The van der Waals surface area contributed by atoms with Crippen LogP contribution in [0.5, 0.6) is 0 Å². The molecule has 0 fully saturated rings. The molecule has 3 N–H and O–H groups in total. The molecule has 1 aromatic rings. The van der Waals surface area contributed by atoms with Gasteiger partial charge in [-0.1, -0.05) is 40.2 Å². The van der Waals surface area contributed by atoms with Gasteiger partial charge in [0.25, 0.3) is 5.91 Å². The zero-order valence-electron chi connectivity index (χ0n) is 17.0. The predicted molar refractivity (Wildman–Crippen MR) is 105 cm³/mol. The summed E-state index contributed by atoms with van der Waals surface area (Å²) in [5.41, 5.74) is 5.42. The van der Waals surface area contributed by atoms with Gasteiger partial charge in [0, 0.05) is 14.1 Å². The molecular weight excluding hydrogens is 346 g/mol. The summed E-state index contributed by atoms with van der Waals surface area (Å²) >= 11 is 0. The van der Waals surface area contributed by atoms with E-state index in [2.05, 4.69) is 24.1 Å². The van der Waals surface area contributed by atoms with Gasteiger partial charge in [0.1, 0.15) is 11.9 Å². The molecule has 27 heavy (non-hydrogen) atoms. The van der Waals surface area contributed by atoms with E-state index < -0.39 is 17.9 Å². The Balaban J connectivity index is 2.87. The number of nitrogens with two attached hydrogens (primary N) is 1. The molecule has 150 valence electrons. The molecule has 0 saturated heterocycles. The van der Waals surface area contributed by atoms with Gasteiger partial charge in [0.15, 0.2) is 0 Å². The largest absolute Gasteiger partial charge is 0.368 e. The third-order valence-corrected chi connectivity index (χ3v) is 4.60. The van der Waals surface area contributed by atoms with Gasteiger partial charge in [-0.05, 0) is 24.3 Å². The molecule has 0 bridgehead atoms. The van der Waals surface area contributed by atoms with Crippen molar-refractivity contribution >= 4 is 23.5 Å². The highest BCUT2D eigenvalue weighted by molar-refractivity contribution is 6.00. The first-order valence-electron chi connectivity index (χ1n) is 9.15. The Labute approximate surface area is 160 Å². The SMILES string of the molecule is CCC(C)C/C=C/C(=O)Nc1cnc(C(=O)N(C)[C@H](C(N)=O)C(C)C)n1C. The molecule has 0 saturated carbocycles. The Morgan fingerprint density at radius 3 is 2.48 bits per heavy atom. The molecule has 1 rings (SSSR count). The lowest BCUT2D eigenvalue weighted by Crippen LogP contribution is -2.49. The van der Waals surface area contributed by atoms with Crippen LogP contribution in [-0.4, -0.2) is 45.3 Å². The molecule has 0 aliphatic heterocycles. The van der Waals surface area contributed by atoms with E-state index in [1.54, 1.807) is 7.05 Å². The lowest BCUT2D eigenvalue weighted by atomic mass is 10.0. The fraction of sp³-hybridized carbons (Fsp3) is 0.579. The number of likely N-dealkylation sites (N-methyl/N-ethyl adjacent to an activating group) is 1. The van der Waals surface area contributed by atoms with Gasteiger partial charge >= 0.3 is 0 Å². The highest BCUT2D eigenvalue weighted by atomic mass is 16.2. The smallest absolute Gasteiger partial charge is 0.290 e. The maximum atomic E-state index is 12.7. The quantitative estimate of drug-likeness (QED) is 0.641. The topological polar surface area (TPSA) is 110 Å². The molecule has 1 heterocycles. The summed E-state index contributed by atoms with van der Waals surface area (Å²) < 4.78 is 1.48. The molecule has 0 aliphatic rings. The van der Waals surface area contributed by atoms with Gasteiger partial charge in [0.2, 0.25) is 17.6 Å². The van der Waals surface area contributed by atoms with E-state index >= 15 is 0 Å². The molecule has 0 radical (unpaired) electrons. The Morgan fingerprint density at radius 2 is 1.96 bits per heavy atom. The van der Waals surface area contributed by atoms with E-state index in [0.29, 0.717) is 11.7 Å². The number of carbonyl (C=O) groups excluding carboxylic acids is 3. The van der Waals surface area contributed by atoms with Crippen LogP contribution in [0.25, 0.3) is 0 Å². The van der Waals surface area contributed by atoms with Crippen LogP contribution < -0.4 is 11.1 Å². The molecule has 0 aromatic carbocycles. The molecule has 2 atom stereocenters. The lowest BCUT2D eigenvalue weighted by Gasteiger charge is -2.28. The van der Waals surface area contributed by atoms with Gasteiger partial charge in [-0.25, -0.2) is 4.98 Å². The fourth-order valence-corrected chi connectivity index (χ4v) is 2.72. The maximum absolute atomic E-state index is 12.7. The highest BCUT2D eigenvalue weighted by Gasteiger charge is 2.30. The second kappa shape index (κ2) is 9.89. The second-order valence-corrected chi connectivity index (χ2v) is 7.17. The van der Waals surface area contributed by atoms with Gasteiger partial charge in [-0.2, -0.15) is 0 Å². The average Bonchev–Trinajstić information content (AvgIpc) is 2.93. The van der Waals surface area contributed by atoms with E-state index in [1.165, 1.54) is 28.8 Å². The molecule has 8 heteroatoms. The van der Waals surface area contributed by atoms with Crippen molar-refractivity contribution < 1.29 is 14.4 Å². The Hall–Kier alpha value is -2.64. The molecule has 0 spiro atoms. The van der Waals surface area contributed by atoms with Crippen LogP contribution in [0.1, 0.15) is 51.2 Å². The fourth-order valence-electron chi connectivity index (χ4n) is 2.72. The predicted octanol–water partition coefficient (Wildman–Crippen LogP) is 1.93. The lowest BCUT2D eigenvalue weighted by molar-refractivity contribution is -0.123. The molecule has 1 unspecified atom stereocenters. The van der Waals surface area contributed by atoms with Crippen molar-refractivity contribution in [2.75, 3.05) is 12.4 Å². The minimum atomic E-state index is -0.740. The van der Waals surface area contributed by atoms with Crippen LogP contribution in [0.3, 0.4) is 0 Å². The van der Waals surface area contributed by atoms with Crippen molar-refractivity contribution in [1.82, 2.24) is 14.5 Å². The number of amides is 3. The van der Waals surface area contributed by atoms with Crippen LogP contribution in [0.4, 0.5) is 5.82 Å². The van der Waals surface area contributed by atoms with Crippen molar-refractivity contribution in [2.24, 2.45) is 24.6 Å². The number of imidazole rings is 1. The summed E-state index contributed by atoms with van der Waals surface area (Å²) in [6.45, 7) is 7.85. The van der Waals surface area contributed by atoms with E-state index in [0.717, 1.165) is 12.8 Å². The van der Waals surface area contributed by atoms with Crippen molar-refractivity contribution in [3.05, 3.63) is 24.2 Å². The van der Waals surface area contributed by atoms with Crippen molar-refractivity contribution in [1.29, 1.82) is 0 Å². The number of hydrogen-bond donors (Lipinski definition) is 2. The molecule has 1 aromatic heterocycles. The Bertz CT molecular complexity index is 708. The molecular formula is C19H31N5O3. The zero-order valence-corrected chi connectivity index (χ0v) is 17.0. The van der Waals surface area contributed by atoms with Crippen LogP contribution in [0.2, 0.25) is 0 Å². The van der Waals surface area contributed by atoms with Gasteiger partial charge in [-0.15, -0.1) is 0 Å². The number of nitrogens with one attached hydrogen (secondary N) is 1. The van der Waals surface area contributed by atoms with Gasteiger partial charge < -0.3 is 20.5 Å². The zero-order chi connectivity index (χ0) is 20.7. The Morgan fingerprint density at radius 1 is 1.33 bits per heavy atom. The van der Waals surface area contributed by atoms with Crippen molar-refractivity contribution in [3.8, 4) is 0 Å². The summed E-state index contributed by atoms with van der Waals surface area (Å²) in [7, 11) is 3.14. The van der Waals surface area contributed by atoms with Gasteiger partial charge in [0.05, 0.1) is 6.20 Å². The first-order chi connectivity index (χ1) is 12.6. The van der Waals surface area contributed by atoms with Crippen molar-refractivity contribution in [2.45, 2.75) is 46.6 Å². The average molecular weight is 377 g/mol. The van der Waals surface area contributed by atoms with E-state index in [-0.39, 0.29) is 17.6 Å². The third kappa shape index (κ3) is 5.94. The number of primary amides is 1. The van der Waals surface area contributed by atoms with Crippen LogP contribution >= 0.6 is 0 Å². The minimum absolute atomic E-state index is 0.114. The number of aromatic nitrogens is 2. The summed E-state index contributed by atoms with van der Waals surface area (Å²) in [5, 5.41) is 2.70. The van der Waals surface area contributed by atoms with Gasteiger partial charge in [-0.3, -0.25) is 14.4 Å². The first kappa shape index (κ1) is 22.4. The van der Waals surface area contributed by atoms with E-state index in [9.17, 15) is 14.4 Å². The number of allylic oxidation sites excluding steroid dienone is 1. The number of carbonyl (C=O) groups is 3. The number of hydrogen-bond acceptors (Lipinski definition) is 4. The van der Waals surface area contributed by atoms with E-state index in [4.69, 9.17) is 5.73 Å². The standard InChI is InChI=1S/C19H31N5O3/c1-7-13(4)9-8-10-15(25)22-14-11-21-18(23(14)5)19(27)24(6)16(12(2)3)17(20)26/h8,10-13,16H,7,9H2,1-6H3,(H2,20,26)(H,22,25)/b10-8+/t13?,16-/m0/s1. The second-order valence-electron chi connectivity index (χ2n) is 7.17. The normalized spacial score (nSPS) is 13.6. The number of rotatable bonds is 9. The number of nitrogens with zero attached hydrogens (tertiary/aromatic N) is 3. The Kier molecular flexibility index (Phi) is 8.21. The maximum Gasteiger partial charge on any atom is 0.290 e. The highest BCUT2D eigenvalue weighted by Crippen LogP contribution is 2.15. The van der Waals surface area contributed by atoms with Crippen LogP contribution in [-0.2, 0) is 16.6 Å². The van der Waals surface area contributed by atoms with Crippen molar-refractivity contribution in [3.63, 3.8) is 0 Å². The summed E-state index contributed by atoms with van der Waals surface area (Å²) in [5.74, 6) is -0.409. The molecule has 0 aliphatic carbocycles. The first-order valence-corrected chi connectivity index (χ1v) is 9.15. The molecule has 3 amide bonds. The third-order valence-electron chi connectivity index (χ3n) is 4.60. The van der Waals surface area contributed by atoms with Crippen LogP contribution in [0, 0.1) is 11.8 Å². The summed E-state index contributed by atoms with van der Waals surface area (Å²) in [4.78, 5) is 41.8. The van der Waals surface area contributed by atoms with Crippen LogP contribution in [0.15, 0.2) is 18.3 Å². The summed E-state index contributed by atoms with van der Waals surface area (Å²) in [6, 6.07) is -0.740.